The van der Waals surface area contributed by atoms with Crippen molar-refractivity contribution in [3.8, 4) is 0 Å². The summed E-state index contributed by atoms with van der Waals surface area (Å²) in [5.74, 6) is -0.0841. The van der Waals surface area contributed by atoms with Crippen molar-refractivity contribution in [3.63, 3.8) is 0 Å². The minimum atomic E-state index is -0.297. The van der Waals surface area contributed by atoms with E-state index in [-0.39, 0.29) is 24.7 Å². The summed E-state index contributed by atoms with van der Waals surface area (Å²) in [6.07, 6.45) is 2.97. The first-order valence-corrected chi connectivity index (χ1v) is 6.94. The Kier molecular flexibility index (Phi) is 5.17. The summed E-state index contributed by atoms with van der Waals surface area (Å²) in [5.41, 5.74) is 0.880. The second-order valence-corrected chi connectivity index (χ2v) is 5.30. The second-order valence-electron chi connectivity index (χ2n) is 4.87. The molecule has 0 aromatic heterocycles. The fourth-order valence-electron chi connectivity index (χ4n) is 2.11. The van der Waals surface area contributed by atoms with Crippen molar-refractivity contribution in [1.29, 1.82) is 0 Å². The Bertz CT molecular complexity index is 504. The molecule has 1 aliphatic rings. The summed E-state index contributed by atoms with van der Waals surface area (Å²) in [5, 5.41) is 9.76. The van der Waals surface area contributed by atoms with E-state index < -0.39 is 0 Å². The molecule has 0 bridgehead atoms. The summed E-state index contributed by atoms with van der Waals surface area (Å²) >= 11 is 5.90. The van der Waals surface area contributed by atoms with Crippen LogP contribution in [0.25, 0.3) is 6.08 Å². The van der Waals surface area contributed by atoms with Crippen molar-refractivity contribution in [1.82, 2.24) is 4.90 Å². The molecule has 2 atom stereocenters. The van der Waals surface area contributed by atoms with Crippen LogP contribution in [-0.4, -0.2) is 47.8 Å². The Morgan fingerprint density at radius 2 is 2.40 bits per heavy atom. The lowest BCUT2D eigenvalue weighted by molar-refractivity contribution is -0.140. The van der Waals surface area contributed by atoms with Gasteiger partial charge in [0.05, 0.1) is 25.4 Å². The molecule has 1 aromatic carbocycles. The maximum absolute atomic E-state index is 12.2. The number of benzene rings is 1. The van der Waals surface area contributed by atoms with E-state index in [1.165, 1.54) is 6.08 Å². The molecule has 1 aromatic rings. The number of carbonyl (C=O) groups is 1. The first-order valence-electron chi connectivity index (χ1n) is 6.57. The lowest BCUT2D eigenvalue weighted by atomic mass is 10.1. The molecule has 1 N–H and O–H groups in total. The standard InChI is InChI=1S/C15H18ClNO3/c1-11-10-20-14(9-18)8-17(11)15(19)6-5-12-3-2-4-13(16)7-12/h2-7,11,14,18H,8-10H2,1H3/b6-5+. The van der Waals surface area contributed by atoms with Crippen LogP contribution in [0, 0.1) is 0 Å². The summed E-state index contributed by atoms with van der Waals surface area (Å²) in [7, 11) is 0. The number of rotatable bonds is 3. The highest BCUT2D eigenvalue weighted by molar-refractivity contribution is 6.30. The third kappa shape index (κ3) is 3.82. The van der Waals surface area contributed by atoms with Crippen molar-refractivity contribution >= 4 is 23.6 Å². The van der Waals surface area contributed by atoms with E-state index in [0.717, 1.165) is 5.56 Å². The number of ether oxygens (including phenoxy) is 1. The van der Waals surface area contributed by atoms with Gasteiger partial charge in [-0.25, -0.2) is 0 Å². The van der Waals surface area contributed by atoms with Crippen LogP contribution in [-0.2, 0) is 9.53 Å². The van der Waals surface area contributed by atoms with Crippen molar-refractivity contribution in [2.45, 2.75) is 19.1 Å². The fraction of sp³-hybridized carbons (Fsp3) is 0.400. The summed E-state index contributed by atoms with van der Waals surface area (Å²) in [4.78, 5) is 13.9. The molecular weight excluding hydrogens is 278 g/mol. The maximum Gasteiger partial charge on any atom is 0.246 e. The molecule has 20 heavy (non-hydrogen) atoms. The molecule has 108 valence electrons. The molecule has 0 spiro atoms. The summed E-state index contributed by atoms with van der Waals surface area (Å²) in [6.45, 7) is 2.71. The lowest BCUT2D eigenvalue weighted by Gasteiger charge is -2.36. The van der Waals surface area contributed by atoms with E-state index in [1.54, 1.807) is 23.1 Å². The topological polar surface area (TPSA) is 49.8 Å². The summed E-state index contributed by atoms with van der Waals surface area (Å²) in [6, 6.07) is 7.32. The third-order valence-electron chi connectivity index (χ3n) is 3.26. The van der Waals surface area contributed by atoms with Gasteiger partial charge in [-0.15, -0.1) is 0 Å². The number of carbonyl (C=O) groups excluding carboxylic acids is 1. The molecule has 0 saturated carbocycles. The zero-order chi connectivity index (χ0) is 14.5. The van der Waals surface area contributed by atoms with E-state index in [2.05, 4.69) is 0 Å². The van der Waals surface area contributed by atoms with Crippen molar-refractivity contribution in [2.24, 2.45) is 0 Å². The normalized spacial score (nSPS) is 23.2. The number of aliphatic hydroxyl groups is 1. The van der Waals surface area contributed by atoms with Crippen LogP contribution >= 0.6 is 11.6 Å². The molecule has 0 radical (unpaired) electrons. The smallest absolute Gasteiger partial charge is 0.246 e. The number of amides is 1. The average molecular weight is 296 g/mol. The molecule has 1 amide bonds. The van der Waals surface area contributed by atoms with E-state index in [9.17, 15) is 4.79 Å². The Morgan fingerprint density at radius 1 is 1.60 bits per heavy atom. The molecule has 0 aliphatic carbocycles. The summed E-state index contributed by atoms with van der Waals surface area (Å²) < 4.78 is 5.41. The average Bonchev–Trinajstić information content (AvgIpc) is 2.45. The fourth-order valence-corrected chi connectivity index (χ4v) is 2.31. The van der Waals surface area contributed by atoms with Gasteiger partial charge in [-0.2, -0.15) is 0 Å². The minimum absolute atomic E-state index is 0.00862. The van der Waals surface area contributed by atoms with Gasteiger partial charge in [0.1, 0.15) is 0 Å². The SMILES string of the molecule is CC1COC(CO)CN1C(=O)/C=C/c1cccc(Cl)c1. The van der Waals surface area contributed by atoms with Gasteiger partial charge in [0.15, 0.2) is 0 Å². The largest absolute Gasteiger partial charge is 0.394 e. The number of nitrogens with zero attached hydrogens (tertiary/aromatic N) is 1. The van der Waals surface area contributed by atoms with Gasteiger partial charge in [-0.3, -0.25) is 4.79 Å². The van der Waals surface area contributed by atoms with E-state index >= 15 is 0 Å². The van der Waals surface area contributed by atoms with Crippen LogP contribution in [0.5, 0.6) is 0 Å². The first-order chi connectivity index (χ1) is 9.60. The Balaban J connectivity index is 2.03. The monoisotopic (exact) mass is 295 g/mol. The van der Waals surface area contributed by atoms with Gasteiger partial charge in [-0.1, -0.05) is 23.7 Å². The van der Waals surface area contributed by atoms with Gasteiger partial charge >= 0.3 is 0 Å². The molecule has 1 fully saturated rings. The van der Waals surface area contributed by atoms with Gasteiger partial charge < -0.3 is 14.7 Å². The van der Waals surface area contributed by atoms with Gasteiger partial charge in [0, 0.05) is 17.6 Å². The molecule has 2 unspecified atom stereocenters. The molecule has 1 heterocycles. The molecule has 1 saturated heterocycles. The van der Waals surface area contributed by atoms with E-state index in [1.807, 2.05) is 19.1 Å². The van der Waals surface area contributed by atoms with Crippen LogP contribution in [0.15, 0.2) is 30.3 Å². The van der Waals surface area contributed by atoms with Gasteiger partial charge in [0.2, 0.25) is 5.91 Å². The highest BCUT2D eigenvalue weighted by Gasteiger charge is 2.27. The quantitative estimate of drug-likeness (QED) is 0.867. The Hall–Kier alpha value is -1.36. The third-order valence-corrected chi connectivity index (χ3v) is 3.49. The van der Waals surface area contributed by atoms with Crippen LogP contribution in [0.3, 0.4) is 0 Å². The predicted octanol–water partition coefficient (Wildman–Crippen LogP) is 1.96. The maximum atomic E-state index is 12.2. The highest BCUT2D eigenvalue weighted by atomic mass is 35.5. The van der Waals surface area contributed by atoms with Crippen molar-refractivity contribution in [3.05, 3.63) is 40.9 Å². The zero-order valence-corrected chi connectivity index (χ0v) is 12.1. The van der Waals surface area contributed by atoms with Crippen LogP contribution in [0.4, 0.5) is 0 Å². The predicted molar refractivity (Wildman–Crippen MR) is 78.5 cm³/mol. The number of hydrogen-bond acceptors (Lipinski definition) is 3. The lowest BCUT2D eigenvalue weighted by Crippen LogP contribution is -2.51. The van der Waals surface area contributed by atoms with E-state index in [4.69, 9.17) is 21.4 Å². The number of morpholine rings is 1. The molecule has 2 rings (SSSR count). The molecular formula is C15H18ClNO3. The molecule has 1 aliphatic heterocycles. The first kappa shape index (κ1) is 15.0. The van der Waals surface area contributed by atoms with Crippen LogP contribution < -0.4 is 0 Å². The van der Waals surface area contributed by atoms with Crippen molar-refractivity contribution in [2.75, 3.05) is 19.8 Å². The van der Waals surface area contributed by atoms with Gasteiger partial charge in [-0.05, 0) is 30.7 Å². The molecule has 5 heteroatoms. The van der Waals surface area contributed by atoms with E-state index in [0.29, 0.717) is 18.2 Å². The minimum Gasteiger partial charge on any atom is -0.394 e. The highest BCUT2D eigenvalue weighted by Crippen LogP contribution is 2.14. The molecule has 4 nitrogen and oxygen atoms in total. The number of aliphatic hydroxyl groups excluding tert-OH is 1. The zero-order valence-electron chi connectivity index (χ0n) is 11.3. The Morgan fingerprint density at radius 3 is 3.10 bits per heavy atom. The van der Waals surface area contributed by atoms with Crippen molar-refractivity contribution < 1.29 is 14.6 Å². The van der Waals surface area contributed by atoms with Crippen LogP contribution in [0.1, 0.15) is 12.5 Å². The number of halogens is 1. The number of hydrogen-bond donors (Lipinski definition) is 1. The van der Waals surface area contributed by atoms with Crippen LogP contribution in [0.2, 0.25) is 5.02 Å². The van der Waals surface area contributed by atoms with Gasteiger partial charge in [0.25, 0.3) is 0 Å². The second kappa shape index (κ2) is 6.88. The Labute approximate surface area is 123 Å².